The minimum absolute atomic E-state index is 0.0136. The molecule has 1 aliphatic heterocycles. The first-order valence-corrected chi connectivity index (χ1v) is 7.67. The highest BCUT2D eigenvalue weighted by Gasteiger charge is 2.26. The van der Waals surface area contributed by atoms with Crippen LogP contribution < -0.4 is 9.64 Å². The first-order chi connectivity index (χ1) is 11.6. The van der Waals surface area contributed by atoms with E-state index in [1.54, 1.807) is 19.2 Å². The Hall–Kier alpha value is -2.95. The molecule has 5 nitrogen and oxygen atoms in total. The van der Waals surface area contributed by atoms with E-state index in [2.05, 4.69) is 4.99 Å². The van der Waals surface area contributed by atoms with Gasteiger partial charge in [0.25, 0.3) is 0 Å². The monoisotopic (exact) mass is 322 g/mol. The SMILES string of the molecule is COc1ccc(CN2CN=C(C(C)=O)C(=O)c3ccccc32)cc1. The van der Waals surface area contributed by atoms with Crippen LogP contribution in [0.25, 0.3) is 0 Å². The molecule has 0 N–H and O–H groups in total. The molecule has 0 radical (unpaired) electrons. The molecule has 0 spiro atoms. The summed E-state index contributed by atoms with van der Waals surface area (Å²) in [5.41, 5.74) is 2.38. The maximum absolute atomic E-state index is 12.6. The zero-order valence-electron chi connectivity index (χ0n) is 13.7. The van der Waals surface area contributed by atoms with Gasteiger partial charge in [-0.25, -0.2) is 0 Å². The summed E-state index contributed by atoms with van der Waals surface area (Å²) >= 11 is 0. The predicted molar refractivity (Wildman–Crippen MR) is 92.9 cm³/mol. The molecule has 0 aliphatic carbocycles. The molecule has 3 rings (SSSR count). The fraction of sp³-hybridized carbons (Fsp3) is 0.211. The molecular weight excluding hydrogens is 304 g/mol. The van der Waals surface area contributed by atoms with Crippen LogP contribution in [0.1, 0.15) is 22.8 Å². The summed E-state index contributed by atoms with van der Waals surface area (Å²) in [6.07, 6.45) is 0. The summed E-state index contributed by atoms with van der Waals surface area (Å²) in [5.74, 6) is 0.179. The van der Waals surface area contributed by atoms with Crippen LogP contribution in [0.5, 0.6) is 5.75 Å². The predicted octanol–water partition coefficient (Wildman–Crippen LogP) is 2.89. The number of hydrogen-bond acceptors (Lipinski definition) is 5. The molecule has 0 fully saturated rings. The maximum atomic E-state index is 12.6. The number of fused-ring (bicyclic) bond motifs is 1. The molecule has 2 aromatic rings. The highest BCUT2D eigenvalue weighted by molar-refractivity contribution is 6.69. The van der Waals surface area contributed by atoms with Crippen molar-refractivity contribution >= 4 is 23.0 Å². The third-order valence-corrected chi connectivity index (χ3v) is 3.97. The Morgan fingerprint density at radius 2 is 1.88 bits per heavy atom. The van der Waals surface area contributed by atoms with Crippen LogP contribution in [-0.4, -0.2) is 31.1 Å². The van der Waals surface area contributed by atoms with Gasteiger partial charge < -0.3 is 9.64 Å². The average Bonchev–Trinajstić information content (AvgIpc) is 2.74. The van der Waals surface area contributed by atoms with Gasteiger partial charge in [-0.1, -0.05) is 24.3 Å². The summed E-state index contributed by atoms with van der Waals surface area (Å²) in [4.78, 5) is 30.5. The maximum Gasteiger partial charge on any atom is 0.216 e. The number of ether oxygens (including phenoxy) is 1. The Balaban J connectivity index is 1.96. The summed E-state index contributed by atoms with van der Waals surface area (Å²) < 4.78 is 5.17. The van der Waals surface area contributed by atoms with E-state index < -0.39 is 0 Å². The Labute approximate surface area is 140 Å². The number of Topliss-reactive ketones (excluding diaryl/α,β-unsaturated/α-hetero) is 2. The van der Waals surface area contributed by atoms with Crippen molar-refractivity contribution in [3.63, 3.8) is 0 Å². The Morgan fingerprint density at radius 3 is 2.54 bits per heavy atom. The van der Waals surface area contributed by atoms with Gasteiger partial charge in [0.1, 0.15) is 12.4 Å². The second kappa shape index (κ2) is 6.66. The number of rotatable bonds is 4. The molecule has 0 bridgehead atoms. The van der Waals surface area contributed by atoms with E-state index in [1.165, 1.54) is 6.92 Å². The van der Waals surface area contributed by atoms with Gasteiger partial charge >= 0.3 is 0 Å². The second-order valence-corrected chi connectivity index (χ2v) is 5.60. The van der Waals surface area contributed by atoms with E-state index in [0.29, 0.717) is 12.1 Å². The lowest BCUT2D eigenvalue weighted by Gasteiger charge is -2.23. The van der Waals surface area contributed by atoms with Crippen molar-refractivity contribution in [1.82, 2.24) is 0 Å². The molecule has 122 valence electrons. The minimum Gasteiger partial charge on any atom is -0.497 e. The van der Waals surface area contributed by atoms with Crippen molar-refractivity contribution in [2.45, 2.75) is 13.5 Å². The van der Waals surface area contributed by atoms with Crippen LogP contribution in [0.3, 0.4) is 0 Å². The van der Waals surface area contributed by atoms with Crippen LogP contribution in [0.2, 0.25) is 0 Å². The van der Waals surface area contributed by atoms with Gasteiger partial charge in [-0.2, -0.15) is 0 Å². The molecule has 0 unspecified atom stereocenters. The van der Waals surface area contributed by atoms with Crippen molar-refractivity contribution in [1.29, 1.82) is 0 Å². The number of methoxy groups -OCH3 is 1. The quantitative estimate of drug-likeness (QED) is 0.868. The van der Waals surface area contributed by atoms with Crippen molar-refractivity contribution in [2.75, 3.05) is 18.7 Å². The van der Waals surface area contributed by atoms with Crippen LogP contribution >= 0.6 is 0 Å². The number of hydrogen-bond donors (Lipinski definition) is 0. The number of aliphatic imine (C=N–C) groups is 1. The lowest BCUT2D eigenvalue weighted by molar-refractivity contribution is -0.111. The molecule has 2 aromatic carbocycles. The number of anilines is 1. The number of benzene rings is 2. The smallest absolute Gasteiger partial charge is 0.216 e. The lowest BCUT2D eigenvalue weighted by atomic mass is 10.0. The number of nitrogens with zero attached hydrogens (tertiary/aromatic N) is 2. The molecular formula is C19H18N2O3. The Kier molecular flexibility index (Phi) is 4.42. The van der Waals surface area contributed by atoms with E-state index in [9.17, 15) is 9.59 Å². The summed E-state index contributed by atoms with van der Waals surface area (Å²) in [6, 6.07) is 15.0. The fourth-order valence-corrected chi connectivity index (χ4v) is 2.73. The first-order valence-electron chi connectivity index (χ1n) is 7.67. The standard InChI is InChI=1S/C19H18N2O3/c1-13(22)18-19(23)16-5-3-4-6-17(16)21(12-20-18)11-14-7-9-15(24-2)10-8-14/h3-10H,11-12H2,1-2H3. The molecule has 0 saturated heterocycles. The van der Waals surface area contributed by atoms with Crippen LogP contribution in [-0.2, 0) is 11.3 Å². The van der Waals surface area contributed by atoms with Gasteiger partial charge in [-0.15, -0.1) is 0 Å². The summed E-state index contributed by atoms with van der Waals surface area (Å²) in [7, 11) is 1.63. The number of carbonyl (C=O) groups excluding carboxylic acids is 2. The van der Waals surface area contributed by atoms with Crippen molar-refractivity contribution in [3.05, 3.63) is 59.7 Å². The minimum atomic E-state index is -0.310. The zero-order chi connectivity index (χ0) is 17.1. The normalized spacial score (nSPS) is 13.8. The van der Waals surface area contributed by atoms with E-state index in [0.717, 1.165) is 17.0 Å². The van der Waals surface area contributed by atoms with E-state index in [1.807, 2.05) is 41.3 Å². The molecule has 0 amide bonds. The highest BCUT2D eigenvalue weighted by Crippen LogP contribution is 2.26. The van der Waals surface area contributed by atoms with Gasteiger partial charge in [0.05, 0.1) is 7.11 Å². The molecule has 5 heteroatoms. The molecule has 0 atom stereocenters. The van der Waals surface area contributed by atoms with Gasteiger partial charge in [-0.05, 0) is 29.8 Å². The van der Waals surface area contributed by atoms with Gasteiger partial charge in [0.15, 0.2) is 11.5 Å². The summed E-state index contributed by atoms with van der Waals surface area (Å²) in [5, 5.41) is 0. The fourth-order valence-electron chi connectivity index (χ4n) is 2.73. The lowest BCUT2D eigenvalue weighted by Crippen LogP contribution is -2.23. The van der Waals surface area contributed by atoms with Crippen molar-refractivity contribution in [3.8, 4) is 5.75 Å². The largest absolute Gasteiger partial charge is 0.497 e. The van der Waals surface area contributed by atoms with Crippen molar-refractivity contribution in [2.24, 2.45) is 4.99 Å². The topological polar surface area (TPSA) is 59.0 Å². The first kappa shape index (κ1) is 15.9. The zero-order valence-corrected chi connectivity index (χ0v) is 13.7. The highest BCUT2D eigenvalue weighted by atomic mass is 16.5. The average molecular weight is 322 g/mol. The Morgan fingerprint density at radius 1 is 1.17 bits per heavy atom. The summed E-state index contributed by atoms with van der Waals surface area (Å²) in [6.45, 7) is 2.23. The van der Waals surface area contributed by atoms with Gasteiger partial charge in [0.2, 0.25) is 5.78 Å². The van der Waals surface area contributed by atoms with Crippen LogP contribution in [0, 0.1) is 0 Å². The third kappa shape index (κ3) is 3.06. The number of carbonyl (C=O) groups is 2. The van der Waals surface area contributed by atoms with E-state index in [-0.39, 0.29) is 23.9 Å². The second-order valence-electron chi connectivity index (χ2n) is 5.60. The molecule has 24 heavy (non-hydrogen) atoms. The van der Waals surface area contributed by atoms with Gasteiger partial charge in [0, 0.05) is 24.7 Å². The molecule has 0 aromatic heterocycles. The number of ketones is 2. The van der Waals surface area contributed by atoms with E-state index >= 15 is 0 Å². The van der Waals surface area contributed by atoms with Crippen molar-refractivity contribution < 1.29 is 14.3 Å². The van der Waals surface area contributed by atoms with E-state index in [4.69, 9.17) is 4.74 Å². The molecule has 1 aliphatic rings. The molecule has 1 heterocycles. The van der Waals surface area contributed by atoms with Gasteiger partial charge in [-0.3, -0.25) is 14.6 Å². The van der Waals surface area contributed by atoms with Crippen LogP contribution in [0.15, 0.2) is 53.5 Å². The van der Waals surface area contributed by atoms with Crippen LogP contribution in [0.4, 0.5) is 5.69 Å². The number of para-hydroxylation sites is 1. The molecule has 0 saturated carbocycles. The Bertz CT molecular complexity index is 810. The third-order valence-electron chi connectivity index (χ3n) is 3.97.